The first-order valence-electron chi connectivity index (χ1n) is 9.51. The smallest absolute Gasteiger partial charge is 0.119 e. The Hall–Kier alpha value is -1.06. The van der Waals surface area contributed by atoms with Crippen LogP contribution in [0.15, 0.2) is 24.3 Å². The zero-order valence-electron chi connectivity index (χ0n) is 15.6. The van der Waals surface area contributed by atoms with Gasteiger partial charge >= 0.3 is 0 Å². The first-order chi connectivity index (χ1) is 11.4. The predicted octanol–water partition coefficient (Wildman–Crippen LogP) is 4.17. The van der Waals surface area contributed by atoms with Crippen molar-refractivity contribution in [2.75, 3.05) is 19.7 Å². The molecule has 0 unspecified atom stereocenters. The Morgan fingerprint density at radius 3 is 2.21 bits per heavy atom. The lowest BCUT2D eigenvalue weighted by atomic mass is 9.75. The summed E-state index contributed by atoms with van der Waals surface area (Å²) in [6, 6.07) is 8.79. The highest BCUT2D eigenvalue weighted by Gasteiger charge is 2.37. The SMILES string of the molecule is Cc1ccc(OCC2(O)CCN(C3CCC(C)(C)CC3)CC2)cc1. The van der Waals surface area contributed by atoms with Gasteiger partial charge in [-0.15, -0.1) is 0 Å². The number of nitrogens with zero attached hydrogens (tertiary/aromatic N) is 1. The van der Waals surface area contributed by atoms with E-state index >= 15 is 0 Å². The van der Waals surface area contributed by atoms with E-state index in [1.807, 2.05) is 24.3 Å². The number of likely N-dealkylation sites (tertiary alicyclic amines) is 1. The van der Waals surface area contributed by atoms with E-state index in [4.69, 9.17) is 4.74 Å². The number of aliphatic hydroxyl groups is 1. The van der Waals surface area contributed by atoms with Crippen LogP contribution in [0, 0.1) is 12.3 Å². The van der Waals surface area contributed by atoms with Gasteiger partial charge < -0.3 is 14.7 Å². The molecule has 1 N–H and O–H groups in total. The van der Waals surface area contributed by atoms with Crippen LogP contribution in [0.3, 0.4) is 0 Å². The van der Waals surface area contributed by atoms with Crippen LogP contribution in [0.25, 0.3) is 0 Å². The Morgan fingerprint density at radius 2 is 1.62 bits per heavy atom. The lowest BCUT2D eigenvalue weighted by Crippen LogP contribution is -2.51. The van der Waals surface area contributed by atoms with E-state index in [-0.39, 0.29) is 0 Å². The van der Waals surface area contributed by atoms with Crippen molar-refractivity contribution < 1.29 is 9.84 Å². The number of piperidine rings is 1. The first-order valence-corrected chi connectivity index (χ1v) is 9.51. The van der Waals surface area contributed by atoms with Crippen molar-refractivity contribution in [3.8, 4) is 5.75 Å². The predicted molar refractivity (Wildman–Crippen MR) is 98.5 cm³/mol. The number of ether oxygens (including phenoxy) is 1. The Labute approximate surface area is 147 Å². The molecule has 1 aliphatic carbocycles. The second kappa shape index (κ2) is 7.05. The molecule has 0 radical (unpaired) electrons. The van der Waals surface area contributed by atoms with Crippen molar-refractivity contribution in [1.29, 1.82) is 0 Å². The lowest BCUT2D eigenvalue weighted by Gasteiger charge is -2.45. The van der Waals surface area contributed by atoms with Crippen LogP contribution in [-0.2, 0) is 0 Å². The minimum atomic E-state index is -0.671. The summed E-state index contributed by atoms with van der Waals surface area (Å²) in [5.74, 6) is 0.853. The molecule has 1 saturated heterocycles. The van der Waals surface area contributed by atoms with E-state index in [1.54, 1.807) is 0 Å². The fraction of sp³-hybridized carbons (Fsp3) is 0.714. The van der Waals surface area contributed by atoms with E-state index in [1.165, 1.54) is 31.2 Å². The van der Waals surface area contributed by atoms with Gasteiger partial charge in [-0.3, -0.25) is 0 Å². The molecular formula is C21H33NO2. The minimum absolute atomic E-state index is 0.404. The molecule has 2 fully saturated rings. The molecular weight excluding hydrogens is 298 g/mol. The Bertz CT molecular complexity index is 519. The zero-order chi connectivity index (χ0) is 17.2. The Kier molecular flexibility index (Phi) is 5.22. The third kappa shape index (κ3) is 4.52. The monoisotopic (exact) mass is 331 g/mol. The number of hydrogen-bond donors (Lipinski definition) is 1. The quantitative estimate of drug-likeness (QED) is 0.899. The molecule has 0 aromatic heterocycles. The molecule has 24 heavy (non-hydrogen) atoms. The first kappa shape index (κ1) is 17.8. The summed E-state index contributed by atoms with van der Waals surface area (Å²) in [5.41, 5.74) is 1.08. The maximum atomic E-state index is 10.8. The van der Waals surface area contributed by atoms with Gasteiger partial charge in [0, 0.05) is 19.1 Å². The summed E-state index contributed by atoms with van der Waals surface area (Å²) in [5, 5.41) is 10.8. The van der Waals surface area contributed by atoms with E-state index < -0.39 is 5.60 Å². The van der Waals surface area contributed by atoms with Crippen LogP contribution in [0.1, 0.15) is 57.9 Å². The van der Waals surface area contributed by atoms with Crippen molar-refractivity contribution in [3.63, 3.8) is 0 Å². The molecule has 1 aromatic carbocycles. The average molecular weight is 332 g/mol. The molecule has 1 heterocycles. The van der Waals surface area contributed by atoms with Crippen molar-refractivity contribution >= 4 is 0 Å². The van der Waals surface area contributed by atoms with Gasteiger partial charge in [0.1, 0.15) is 18.0 Å². The summed E-state index contributed by atoms with van der Waals surface area (Å²) in [6.45, 7) is 9.25. The summed E-state index contributed by atoms with van der Waals surface area (Å²) < 4.78 is 5.84. The van der Waals surface area contributed by atoms with Crippen LogP contribution in [0.4, 0.5) is 0 Å². The van der Waals surface area contributed by atoms with Crippen LogP contribution >= 0.6 is 0 Å². The third-order valence-electron chi connectivity index (χ3n) is 6.08. The van der Waals surface area contributed by atoms with Crippen molar-refractivity contribution in [2.45, 2.75) is 70.9 Å². The fourth-order valence-corrected chi connectivity index (χ4v) is 4.05. The maximum Gasteiger partial charge on any atom is 0.119 e. The van der Waals surface area contributed by atoms with Crippen LogP contribution in [-0.4, -0.2) is 41.3 Å². The van der Waals surface area contributed by atoms with Crippen molar-refractivity contribution in [1.82, 2.24) is 4.90 Å². The topological polar surface area (TPSA) is 32.7 Å². The summed E-state index contributed by atoms with van der Waals surface area (Å²) >= 11 is 0. The fourth-order valence-electron chi connectivity index (χ4n) is 4.05. The van der Waals surface area contributed by atoms with Gasteiger partial charge in [-0.25, -0.2) is 0 Å². The Balaban J connectivity index is 1.46. The summed E-state index contributed by atoms with van der Waals surface area (Å²) in [7, 11) is 0. The van der Waals surface area contributed by atoms with Gasteiger partial charge in [0.2, 0.25) is 0 Å². The lowest BCUT2D eigenvalue weighted by molar-refractivity contribution is -0.0641. The van der Waals surface area contributed by atoms with Gasteiger partial charge in [0.15, 0.2) is 0 Å². The minimum Gasteiger partial charge on any atom is -0.491 e. The van der Waals surface area contributed by atoms with E-state index in [0.29, 0.717) is 12.0 Å². The molecule has 0 spiro atoms. The highest BCUT2D eigenvalue weighted by Crippen LogP contribution is 2.38. The largest absolute Gasteiger partial charge is 0.491 e. The molecule has 0 atom stereocenters. The standard InChI is InChI=1S/C21H33NO2/c1-17-4-6-19(7-5-17)24-16-21(23)12-14-22(15-13-21)18-8-10-20(2,3)11-9-18/h4-7,18,23H,8-16H2,1-3H3. The van der Waals surface area contributed by atoms with E-state index in [2.05, 4.69) is 25.7 Å². The van der Waals surface area contributed by atoms with Gasteiger partial charge in [-0.05, 0) is 63.0 Å². The van der Waals surface area contributed by atoms with E-state index in [9.17, 15) is 5.11 Å². The third-order valence-corrected chi connectivity index (χ3v) is 6.08. The zero-order valence-corrected chi connectivity index (χ0v) is 15.6. The molecule has 3 heteroatoms. The number of aryl methyl sites for hydroxylation is 1. The molecule has 3 rings (SSSR count). The molecule has 2 aliphatic rings. The van der Waals surface area contributed by atoms with Gasteiger partial charge in [-0.1, -0.05) is 31.5 Å². The average Bonchev–Trinajstić information content (AvgIpc) is 2.56. The second-order valence-corrected chi connectivity index (χ2v) is 8.76. The molecule has 0 amide bonds. The highest BCUT2D eigenvalue weighted by molar-refractivity contribution is 5.26. The second-order valence-electron chi connectivity index (χ2n) is 8.76. The number of benzene rings is 1. The molecule has 1 aliphatic heterocycles. The normalized spacial score (nSPS) is 24.7. The van der Waals surface area contributed by atoms with Crippen molar-refractivity contribution in [2.24, 2.45) is 5.41 Å². The highest BCUT2D eigenvalue weighted by atomic mass is 16.5. The van der Waals surface area contributed by atoms with Gasteiger partial charge in [0.05, 0.1) is 0 Å². The maximum absolute atomic E-state index is 10.8. The molecule has 1 saturated carbocycles. The van der Waals surface area contributed by atoms with Crippen LogP contribution in [0.2, 0.25) is 0 Å². The summed E-state index contributed by atoms with van der Waals surface area (Å²) in [6.07, 6.45) is 6.91. The number of hydrogen-bond acceptors (Lipinski definition) is 3. The van der Waals surface area contributed by atoms with Crippen LogP contribution in [0.5, 0.6) is 5.75 Å². The van der Waals surface area contributed by atoms with Gasteiger partial charge in [-0.2, -0.15) is 0 Å². The van der Waals surface area contributed by atoms with Crippen LogP contribution < -0.4 is 4.74 Å². The Morgan fingerprint density at radius 1 is 1.04 bits per heavy atom. The van der Waals surface area contributed by atoms with Crippen molar-refractivity contribution in [3.05, 3.63) is 29.8 Å². The molecule has 1 aromatic rings. The van der Waals surface area contributed by atoms with Gasteiger partial charge in [0.25, 0.3) is 0 Å². The number of rotatable bonds is 4. The molecule has 0 bridgehead atoms. The summed E-state index contributed by atoms with van der Waals surface area (Å²) in [4.78, 5) is 2.61. The molecule has 134 valence electrons. The van der Waals surface area contributed by atoms with E-state index in [0.717, 1.165) is 37.7 Å². The molecule has 3 nitrogen and oxygen atoms in total.